The van der Waals surface area contributed by atoms with Gasteiger partial charge in [0.1, 0.15) is 0 Å². The predicted octanol–water partition coefficient (Wildman–Crippen LogP) is 5.75. The summed E-state index contributed by atoms with van der Waals surface area (Å²) in [6.07, 6.45) is 9.33. The largest absolute Gasteiger partial charge is 0.444 e. The number of ether oxygens (including phenoxy) is 1. The zero-order valence-electron chi connectivity index (χ0n) is 16.8. The van der Waals surface area contributed by atoms with Crippen molar-refractivity contribution >= 4 is 16.6 Å². The number of benzene rings is 2. The summed E-state index contributed by atoms with van der Waals surface area (Å²) in [5.74, 6) is 0.876. The van der Waals surface area contributed by atoms with E-state index < -0.39 is 0 Å². The number of unbranched alkanes of at least 4 members (excludes halogenated alkanes) is 5. The van der Waals surface area contributed by atoms with E-state index in [1.165, 1.54) is 32.1 Å². The molecule has 3 rings (SSSR count). The SMILES string of the molecule is CCCCCCCCOc1c2ccccc2cc[n+]1CC(=O)c1ccccc1. The number of Topliss-reactive ketones (excluding diaryl/α,β-unsaturated/α-hetero) is 1. The normalized spacial score (nSPS) is 10.9. The fourth-order valence-electron chi connectivity index (χ4n) is 3.44. The van der Waals surface area contributed by atoms with Crippen molar-refractivity contribution in [3.63, 3.8) is 0 Å². The van der Waals surface area contributed by atoms with Gasteiger partial charge in [-0.3, -0.25) is 4.79 Å². The molecule has 0 radical (unpaired) electrons. The Morgan fingerprint density at radius 1 is 0.857 bits per heavy atom. The van der Waals surface area contributed by atoms with Crippen molar-refractivity contribution in [3.05, 3.63) is 72.4 Å². The smallest absolute Gasteiger partial charge is 0.376 e. The van der Waals surface area contributed by atoms with Gasteiger partial charge in [-0.2, -0.15) is 4.57 Å². The summed E-state index contributed by atoms with van der Waals surface area (Å²) in [5, 5.41) is 2.18. The van der Waals surface area contributed by atoms with Crippen LogP contribution in [-0.4, -0.2) is 12.4 Å². The number of hydrogen-bond donors (Lipinski definition) is 0. The third-order valence-electron chi connectivity index (χ3n) is 5.03. The Balaban J connectivity index is 1.72. The molecule has 3 aromatic rings. The van der Waals surface area contributed by atoms with E-state index in [9.17, 15) is 4.79 Å². The van der Waals surface area contributed by atoms with Crippen LogP contribution in [-0.2, 0) is 6.54 Å². The second-order valence-corrected chi connectivity index (χ2v) is 7.24. The molecule has 3 heteroatoms. The number of carbonyl (C=O) groups is 1. The van der Waals surface area contributed by atoms with Crippen molar-refractivity contribution in [1.82, 2.24) is 0 Å². The zero-order chi connectivity index (χ0) is 19.6. The molecule has 0 N–H and O–H groups in total. The van der Waals surface area contributed by atoms with Gasteiger partial charge in [-0.25, -0.2) is 0 Å². The average Bonchev–Trinajstić information content (AvgIpc) is 2.74. The van der Waals surface area contributed by atoms with Crippen LogP contribution in [0.25, 0.3) is 10.8 Å². The highest BCUT2D eigenvalue weighted by atomic mass is 16.5. The Kier molecular flexibility index (Phi) is 7.60. The average molecular weight is 377 g/mol. The van der Waals surface area contributed by atoms with Crippen molar-refractivity contribution in [1.29, 1.82) is 0 Å². The van der Waals surface area contributed by atoms with Gasteiger partial charge >= 0.3 is 5.88 Å². The van der Waals surface area contributed by atoms with Crippen LogP contribution in [0.15, 0.2) is 66.9 Å². The van der Waals surface area contributed by atoms with Crippen molar-refractivity contribution in [2.75, 3.05) is 6.61 Å². The molecule has 0 amide bonds. The monoisotopic (exact) mass is 376 g/mol. The van der Waals surface area contributed by atoms with E-state index in [-0.39, 0.29) is 12.3 Å². The van der Waals surface area contributed by atoms with Gasteiger partial charge in [-0.05, 0) is 17.9 Å². The maximum atomic E-state index is 12.7. The highest BCUT2D eigenvalue weighted by molar-refractivity contribution is 5.95. The molecule has 0 spiro atoms. The lowest BCUT2D eigenvalue weighted by atomic mass is 10.1. The van der Waals surface area contributed by atoms with E-state index >= 15 is 0 Å². The minimum absolute atomic E-state index is 0.0882. The Hall–Kier alpha value is -2.68. The molecule has 1 heterocycles. The maximum Gasteiger partial charge on any atom is 0.376 e. The van der Waals surface area contributed by atoms with Crippen LogP contribution in [0, 0.1) is 0 Å². The molecule has 0 saturated heterocycles. The Bertz CT molecular complexity index is 889. The summed E-state index contributed by atoms with van der Waals surface area (Å²) in [5.41, 5.74) is 0.727. The highest BCUT2D eigenvalue weighted by Gasteiger charge is 2.20. The van der Waals surface area contributed by atoms with Crippen LogP contribution in [0.5, 0.6) is 5.88 Å². The summed E-state index contributed by atoms with van der Waals surface area (Å²) < 4.78 is 8.14. The van der Waals surface area contributed by atoms with E-state index in [1.807, 2.05) is 59.3 Å². The summed E-state index contributed by atoms with van der Waals surface area (Å²) in [6.45, 7) is 3.19. The van der Waals surface area contributed by atoms with Crippen LogP contribution >= 0.6 is 0 Å². The van der Waals surface area contributed by atoms with Gasteiger partial charge in [0, 0.05) is 11.6 Å². The third-order valence-corrected chi connectivity index (χ3v) is 5.03. The quantitative estimate of drug-likeness (QED) is 0.242. The lowest BCUT2D eigenvalue weighted by molar-refractivity contribution is -0.687. The number of pyridine rings is 1. The topological polar surface area (TPSA) is 30.2 Å². The second kappa shape index (κ2) is 10.6. The Morgan fingerprint density at radius 3 is 2.39 bits per heavy atom. The molecular weight excluding hydrogens is 346 g/mol. The molecule has 0 atom stereocenters. The number of aromatic nitrogens is 1. The fourth-order valence-corrected chi connectivity index (χ4v) is 3.44. The molecular formula is C25H30NO2+. The molecule has 0 saturated carbocycles. The molecule has 0 fully saturated rings. The molecule has 3 nitrogen and oxygen atoms in total. The number of rotatable bonds is 11. The van der Waals surface area contributed by atoms with Crippen LogP contribution in [0.1, 0.15) is 55.8 Å². The van der Waals surface area contributed by atoms with Crippen molar-refractivity contribution < 1.29 is 14.1 Å². The van der Waals surface area contributed by atoms with E-state index in [4.69, 9.17) is 4.74 Å². The van der Waals surface area contributed by atoms with Gasteiger partial charge in [-0.15, -0.1) is 0 Å². The zero-order valence-corrected chi connectivity index (χ0v) is 16.8. The number of hydrogen-bond acceptors (Lipinski definition) is 2. The number of ketones is 1. The van der Waals surface area contributed by atoms with Gasteiger partial charge in [0.05, 0.1) is 12.0 Å². The lowest BCUT2D eigenvalue weighted by Crippen LogP contribution is -2.39. The fraction of sp³-hybridized carbons (Fsp3) is 0.360. The predicted molar refractivity (Wildman–Crippen MR) is 114 cm³/mol. The number of carbonyl (C=O) groups excluding carboxylic acids is 1. The molecule has 0 aliphatic carbocycles. The highest BCUT2D eigenvalue weighted by Crippen LogP contribution is 2.22. The van der Waals surface area contributed by atoms with Gasteiger partial charge in [0.25, 0.3) is 0 Å². The van der Waals surface area contributed by atoms with E-state index in [2.05, 4.69) is 19.1 Å². The Morgan fingerprint density at radius 2 is 1.57 bits per heavy atom. The van der Waals surface area contributed by atoms with Crippen LogP contribution in [0.3, 0.4) is 0 Å². The Labute approximate surface area is 168 Å². The van der Waals surface area contributed by atoms with E-state index in [1.54, 1.807) is 0 Å². The van der Waals surface area contributed by atoms with Gasteiger partial charge in [0.2, 0.25) is 12.3 Å². The van der Waals surface area contributed by atoms with Gasteiger partial charge < -0.3 is 4.74 Å². The second-order valence-electron chi connectivity index (χ2n) is 7.24. The van der Waals surface area contributed by atoms with Crippen molar-refractivity contribution in [2.45, 2.75) is 52.0 Å². The molecule has 0 aliphatic rings. The van der Waals surface area contributed by atoms with Crippen LogP contribution < -0.4 is 9.30 Å². The maximum absolute atomic E-state index is 12.7. The first-order valence-corrected chi connectivity index (χ1v) is 10.4. The standard InChI is InChI=1S/C25H30NO2/c1-2-3-4-5-6-12-19-28-25-23-16-11-10-13-21(23)17-18-26(25)20-24(27)22-14-8-7-9-15-22/h7-11,13-18H,2-6,12,19-20H2,1H3/q+1. The number of fused-ring (bicyclic) bond motifs is 1. The molecule has 1 aromatic heterocycles. The van der Waals surface area contributed by atoms with Crippen molar-refractivity contribution in [3.8, 4) is 5.88 Å². The van der Waals surface area contributed by atoms with E-state index in [0.29, 0.717) is 6.61 Å². The molecule has 2 aromatic carbocycles. The van der Waals surface area contributed by atoms with Gasteiger partial charge in [0.15, 0.2) is 6.20 Å². The molecule has 28 heavy (non-hydrogen) atoms. The summed E-state index contributed by atoms with van der Waals surface area (Å²) >= 11 is 0. The minimum Gasteiger partial charge on any atom is -0.444 e. The van der Waals surface area contributed by atoms with Gasteiger partial charge in [-0.1, -0.05) is 87.6 Å². The third kappa shape index (κ3) is 5.41. The lowest BCUT2D eigenvalue weighted by Gasteiger charge is -2.09. The minimum atomic E-state index is 0.0882. The summed E-state index contributed by atoms with van der Waals surface area (Å²) in [6, 6.07) is 19.7. The first-order chi connectivity index (χ1) is 13.8. The summed E-state index contributed by atoms with van der Waals surface area (Å²) in [4.78, 5) is 12.7. The molecule has 146 valence electrons. The number of nitrogens with zero attached hydrogens (tertiary/aromatic N) is 1. The van der Waals surface area contributed by atoms with Crippen LogP contribution in [0.2, 0.25) is 0 Å². The molecule has 0 unspecified atom stereocenters. The summed E-state index contributed by atoms with van der Waals surface area (Å²) in [7, 11) is 0. The first kappa shape index (κ1) is 20.1. The molecule has 0 aliphatic heterocycles. The van der Waals surface area contributed by atoms with E-state index in [0.717, 1.165) is 28.6 Å². The van der Waals surface area contributed by atoms with Crippen molar-refractivity contribution in [2.24, 2.45) is 0 Å². The van der Waals surface area contributed by atoms with Crippen LogP contribution in [0.4, 0.5) is 0 Å². The molecule has 0 bridgehead atoms. The first-order valence-electron chi connectivity index (χ1n) is 10.4.